The van der Waals surface area contributed by atoms with E-state index in [1.54, 1.807) is 6.92 Å². The maximum Gasteiger partial charge on any atom is 0.303 e. The molecule has 0 bridgehead atoms. The molecule has 1 amide bonds. The molecule has 0 aromatic carbocycles. The van der Waals surface area contributed by atoms with E-state index in [-0.39, 0.29) is 18.2 Å². The summed E-state index contributed by atoms with van der Waals surface area (Å²) in [6, 6.07) is -0.493. The fraction of sp³-hybridized carbons (Fsp3) is 0.778. The second-order valence-electron chi connectivity index (χ2n) is 3.46. The van der Waals surface area contributed by atoms with Crippen molar-refractivity contribution in [2.75, 3.05) is 6.54 Å². The molecule has 0 heterocycles. The largest absolute Gasteiger partial charge is 0.481 e. The Morgan fingerprint density at radius 2 is 2.07 bits per heavy atom. The lowest BCUT2D eigenvalue weighted by molar-refractivity contribution is -0.138. The van der Waals surface area contributed by atoms with Gasteiger partial charge in [-0.25, -0.2) is 0 Å². The molecular formula is C9H18N2O3. The maximum absolute atomic E-state index is 11.2. The van der Waals surface area contributed by atoms with E-state index in [4.69, 9.17) is 10.8 Å². The van der Waals surface area contributed by atoms with Crippen LogP contribution in [0.3, 0.4) is 0 Å². The van der Waals surface area contributed by atoms with E-state index in [9.17, 15) is 9.59 Å². The van der Waals surface area contributed by atoms with Gasteiger partial charge >= 0.3 is 5.97 Å². The van der Waals surface area contributed by atoms with Crippen LogP contribution in [0.2, 0.25) is 0 Å². The molecule has 2 atom stereocenters. The second kappa shape index (κ2) is 6.37. The van der Waals surface area contributed by atoms with E-state index >= 15 is 0 Å². The van der Waals surface area contributed by atoms with Crippen molar-refractivity contribution in [2.24, 2.45) is 11.7 Å². The van der Waals surface area contributed by atoms with Gasteiger partial charge in [-0.05, 0) is 12.3 Å². The smallest absolute Gasteiger partial charge is 0.303 e. The summed E-state index contributed by atoms with van der Waals surface area (Å²) in [5.41, 5.74) is 5.48. The Morgan fingerprint density at radius 1 is 1.50 bits per heavy atom. The fourth-order valence-electron chi connectivity index (χ4n) is 0.962. The maximum atomic E-state index is 11.2. The van der Waals surface area contributed by atoms with Crippen molar-refractivity contribution in [1.82, 2.24) is 5.32 Å². The molecule has 4 N–H and O–H groups in total. The first-order chi connectivity index (χ1) is 6.47. The average molecular weight is 202 g/mol. The van der Waals surface area contributed by atoms with E-state index in [2.05, 4.69) is 5.32 Å². The number of carboxylic acids is 1. The molecule has 82 valence electrons. The van der Waals surface area contributed by atoms with Crippen LogP contribution in [0.25, 0.3) is 0 Å². The Bertz CT molecular complexity index is 206. The van der Waals surface area contributed by atoms with Crippen LogP contribution in [-0.4, -0.2) is 29.6 Å². The van der Waals surface area contributed by atoms with Gasteiger partial charge in [0.2, 0.25) is 5.91 Å². The summed E-state index contributed by atoms with van der Waals surface area (Å²) in [5, 5.41) is 11.1. The Kier molecular flexibility index (Phi) is 5.87. The molecule has 0 spiro atoms. The SMILES string of the molecule is CC[C@H](N)C(=O)NCC(C)CC(=O)O. The first-order valence-corrected chi connectivity index (χ1v) is 4.72. The van der Waals surface area contributed by atoms with Gasteiger partial charge in [-0.2, -0.15) is 0 Å². The summed E-state index contributed by atoms with van der Waals surface area (Å²) < 4.78 is 0. The lowest BCUT2D eigenvalue weighted by Crippen LogP contribution is -2.41. The molecule has 0 radical (unpaired) electrons. The van der Waals surface area contributed by atoms with Crippen LogP contribution in [0.5, 0.6) is 0 Å². The molecule has 14 heavy (non-hydrogen) atoms. The predicted octanol–water partition coefficient (Wildman–Crippen LogP) is -0.0493. The van der Waals surface area contributed by atoms with Crippen LogP contribution >= 0.6 is 0 Å². The molecule has 1 unspecified atom stereocenters. The van der Waals surface area contributed by atoms with Crippen molar-refractivity contribution >= 4 is 11.9 Å². The van der Waals surface area contributed by atoms with E-state index < -0.39 is 12.0 Å². The van der Waals surface area contributed by atoms with Crippen LogP contribution < -0.4 is 11.1 Å². The Balaban J connectivity index is 3.71. The number of hydrogen-bond donors (Lipinski definition) is 3. The Morgan fingerprint density at radius 3 is 2.50 bits per heavy atom. The predicted molar refractivity (Wildman–Crippen MR) is 52.7 cm³/mol. The third-order valence-corrected chi connectivity index (χ3v) is 1.92. The summed E-state index contributed by atoms with van der Waals surface area (Å²) in [7, 11) is 0. The molecule has 0 fully saturated rings. The van der Waals surface area contributed by atoms with E-state index in [0.717, 1.165) is 0 Å². The molecule has 0 aromatic heterocycles. The van der Waals surface area contributed by atoms with Crippen molar-refractivity contribution < 1.29 is 14.7 Å². The summed E-state index contributed by atoms with van der Waals surface area (Å²) in [4.78, 5) is 21.5. The van der Waals surface area contributed by atoms with Crippen LogP contribution in [0, 0.1) is 5.92 Å². The molecule has 0 rings (SSSR count). The quantitative estimate of drug-likeness (QED) is 0.563. The minimum Gasteiger partial charge on any atom is -0.481 e. The Hall–Kier alpha value is -1.10. The molecular weight excluding hydrogens is 184 g/mol. The Labute approximate surface area is 83.7 Å². The number of aliphatic carboxylic acids is 1. The normalized spacial score (nSPS) is 14.5. The number of carbonyl (C=O) groups excluding carboxylic acids is 1. The van der Waals surface area contributed by atoms with Crippen molar-refractivity contribution in [1.29, 1.82) is 0 Å². The molecule has 0 aliphatic carbocycles. The summed E-state index contributed by atoms with van der Waals surface area (Å²) in [5.74, 6) is -1.14. The first-order valence-electron chi connectivity index (χ1n) is 4.72. The van der Waals surface area contributed by atoms with Crippen LogP contribution in [0.1, 0.15) is 26.7 Å². The van der Waals surface area contributed by atoms with Gasteiger partial charge in [0.05, 0.1) is 6.04 Å². The highest BCUT2D eigenvalue weighted by atomic mass is 16.4. The molecule has 0 saturated carbocycles. The third-order valence-electron chi connectivity index (χ3n) is 1.92. The summed E-state index contributed by atoms with van der Waals surface area (Å²) >= 11 is 0. The van der Waals surface area contributed by atoms with Crippen LogP contribution in [-0.2, 0) is 9.59 Å². The van der Waals surface area contributed by atoms with Gasteiger partial charge in [-0.15, -0.1) is 0 Å². The van der Waals surface area contributed by atoms with Crippen molar-refractivity contribution in [3.8, 4) is 0 Å². The van der Waals surface area contributed by atoms with E-state index in [1.165, 1.54) is 0 Å². The van der Waals surface area contributed by atoms with Crippen molar-refractivity contribution in [3.05, 3.63) is 0 Å². The molecule has 0 aliphatic heterocycles. The zero-order valence-corrected chi connectivity index (χ0v) is 8.62. The number of hydrogen-bond acceptors (Lipinski definition) is 3. The fourth-order valence-corrected chi connectivity index (χ4v) is 0.962. The van der Waals surface area contributed by atoms with Gasteiger partial charge in [0.1, 0.15) is 0 Å². The van der Waals surface area contributed by atoms with Gasteiger partial charge in [0, 0.05) is 13.0 Å². The molecule has 0 aromatic rings. The lowest BCUT2D eigenvalue weighted by atomic mass is 10.1. The zero-order valence-electron chi connectivity index (χ0n) is 8.62. The minimum absolute atomic E-state index is 0.0572. The number of carbonyl (C=O) groups is 2. The van der Waals surface area contributed by atoms with Crippen molar-refractivity contribution in [2.45, 2.75) is 32.7 Å². The molecule has 0 saturated heterocycles. The molecule has 0 aliphatic rings. The van der Waals surface area contributed by atoms with Gasteiger partial charge < -0.3 is 16.2 Å². The number of nitrogens with one attached hydrogen (secondary N) is 1. The summed E-state index contributed by atoms with van der Waals surface area (Å²) in [6.45, 7) is 3.95. The lowest BCUT2D eigenvalue weighted by Gasteiger charge is -2.13. The highest BCUT2D eigenvalue weighted by molar-refractivity contribution is 5.81. The van der Waals surface area contributed by atoms with Crippen molar-refractivity contribution in [3.63, 3.8) is 0 Å². The zero-order chi connectivity index (χ0) is 11.1. The number of nitrogens with two attached hydrogens (primary N) is 1. The number of amides is 1. The minimum atomic E-state index is -0.855. The standard InChI is InChI=1S/C9H18N2O3/c1-3-7(10)9(14)11-5-6(2)4-8(12)13/h6-7H,3-5,10H2,1-2H3,(H,11,14)(H,12,13)/t6?,7-/m0/s1. The van der Waals surface area contributed by atoms with E-state index in [0.29, 0.717) is 13.0 Å². The number of carboxylic acid groups (broad SMARTS) is 1. The van der Waals surface area contributed by atoms with Gasteiger partial charge in [0.25, 0.3) is 0 Å². The monoisotopic (exact) mass is 202 g/mol. The second-order valence-corrected chi connectivity index (χ2v) is 3.46. The molecule has 5 nitrogen and oxygen atoms in total. The van der Waals surface area contributed by atoms with E-state index in [1.807, 2.05) is 6.92 Å². The summed E-state index contributed by atoms with van der Waals surface area (Å²) in [6.07, 6.45) is 0.640. The highest BCUT2D eigenvalue weighted by Crippen LogP contribution is 1.99. The molecule has 5 heteroatoms. The first kappa shape index (κ1) is 12.9. The van der Waals surface area contributed by atoms with Crippen LogP contribution in [0.4, 0.5) is 0 Å². The third kappa shape index (κ3) is 5.53. The van der Waals surface area contributed by atoms with Gasteiger partial charge in [-0.1, -0.05) is 13.8 Å². The topological polar surface area (TPSA) is 92.4 Å². The number of rotatable bonds is 6. The average Bonchev–Trinajstić information content (AvgIpc) is 2.11. The van der Waals surface area contributed by atoms with Gasteiger partial charge in [0.15, 0.2) is 0 Å². The van der Waals surface area contributed by atoms with Crippen LogP contribution in [0.15, 0.2) is 0 Å². The van der Waals surface area contributed by atoms with Gasteiger partial charge in [-0.3, -0.25) is 9.59 Å². The highest BCUT2D eigenvalue weighted by Gasteiger charge is 2.13.